The molecule has 2 aromatic carbocycles. The Hall–Kier alpha value is -4.00. The highest BCUT2D eigenvalue weighted by Crippen LogP contribution is 2.26. The molecule has 1 heterocycles. The predicted molar refractivity (Wildman–Crippen MR) is 110 cm³/mol. The van der Waals surface area contributed by atoms with Crippen molar-refractivity contribution in [1.82, 2.24) is 4.57 Å². The van der Waals surface area contributed by atoms with Gasteiger partial charge in [0.05, 0.1) is 14.1 Å². The van der Waals surface area contributed by atoms with Crippen LogP contribution in [0.1, 0.15) is 22.5 Å². The molecule has 0 radical (unpaired) electrons. The summed E-state index contributed by atoms with van der Waals surface area (Å²) in [5.41, 5.74) is 2.37. The Morgan fingerprint density at radius 3 is 1.79 bits per heavy atom. The van der Waals surface area contributed by atoms with Crippen LogP contribution in [0.5, 0.6) is 23.0 Å². The molecule has 7 heteroatoms. The molecule has 0 atom stereocenters. The second-order valence-electron chi connectivity index (χ2n) is 6.56. The fourth-order valence-electron chi connectivity index (χ4n) is 2.76. The minimum Gasteiger partial charge on any atom is -0.504 e. The predicted octanol–water partition coefficient (Wildman–Crippen LogP) is 2.37. The van der Waals surface area contributed by atoms with Crippen molar-refractivity contribution in [3.8, 4) is 23.0 Å². The summed E-state index contributed by atoms with van der Waals surface area (Å²) in [6.45, 7) is 0. The first-order valence-electron chi connectivity index (χ1n) is 8.76. The highest BCUT2D eigenvalue weighted by atomic mass is 16.3. The molecule has 0 aliphatic rings. The number of phenolic OH excluding ortho intramolecular Hbond substituents is 4. The normalized spacial score (nSPS) is 11.5. The lowest BCUT2D eigenvalue weighted by molar-refractivity contribution is -0.692. The first-order chi connectivity index (χ1) is 13.8. The van der Waals surface area contributed by atoms with E-state index in [9.17, 15) is 25.2 Å². The number of phenols is 4. The number of aromatic hydroxyl groups is 4. The van der Waals surface area contributed by atoms with Crippen LogP contribution in [0.15, 0.2) is 47.3 Å². The monoisotopic (exact) mass is 393 g/mol. The van der Waals surface area contributed by atoms with Crippen LogP contribution >= 0.6 is 0 Å². The molecular formula is C22H21N2O5+. The van der Waals surface area contributed by atoms with Crippen molar-refractivity contribution in [3.05, 3.63) is 75.5 Å². The lowest BCUT2D eigenvalue weighted by Crippen LogP contribution is -2.53. The smallest absolute Gasteiger partial charge is 0.498 e. The maximum atomic E-state index is 12.5. The van der Waals surface area contributed by atoms with E-state index in [1.54, 1.807) is 50.5 Å². The van der Waals surface area contributed by atoms with Crippen LogP contribution in [-0.2, 0) is 14.1 Å². The van der Waals surface area contributed by atoms with Crippen molar-refractivity contribution < 1.29 is 25.0 Å². The van der Waals surface area contributed by atoms with Gasteiger partial charge in [-0.1, -0.05) is 24.3 Å². The maximum Gasteiger partial charge on any atom is 0.498 e. The summed E-state index contributed by atoms with van der Waals surface area (Å²) in [6.07, 6.45) is 6.91. The van der Waals surface area contributed by atoms with Crippen LogP contribution in [0, 0.1) is 0 Å². The number of aromatic nitrogens is 2. The van der Waals surface area contributed by atoms with Gasteiger partial charge in [0.2, 0.25) is 0 Å². The van der Waals surface area contributed by atoms with Crippen molar-refractivity contribution in [2.45, 2.75) is 0 Å². The molecular weight excluding hydrogens is 372 g/mol. The zero-order valence-corrected chi connectivity index (χ0v) is 15.9. The molecule has 0 fully saturated rings. The van der Waals surface area contributed by atoms with Gasteiger partial charge in [0.1, 0.15) is 11.4 Å². The molecule has 3 aromatic rings. The Kier molecular flexibility index (Phi) is 5.40. The zero-order chi connectivity index (χ0) is 21.1. The van der Waals surface area contributed by atoms with Gasteiger partial charge in [-0.3, -0.25) is 0 Å². The fourth-order valence-corrected chi connectivity index (χ4v) is 2.76. The number of rotatable bonds is 4. The average Bonchev–Trinajstić information content (AvgIpc) is 2.70. The molecule has 0 amide bonds. The van der Waals surface area contributed by atoms with E-state index in [0.717, 1.165) is 0 Å². The lowest BCUT2D eigenvalue weighted by Gasteiger charge is -2.04. The minimum absolute atomic E-state index is 0.200. The molecule has 4 N–H and O–H groups in total. The molecule has 148 valence electrons. The fraction of sp³-hybridized carbons (Fsp3) is 0.0909. The van der Waals surface area contributed by atoms with E-state index in [-0.39, 0.29) is 28.7 Å². The number of nitrogens with zero attached hydrogens (tertiary/aromatic N) is 2. The maximum absolute atomic E-state index is 12.5. The molecule has 0 saturated heterocycles. The van der Waals surface area contributed by atoms with Gasteiger partial charge >= 0.3 is 5.69 Å². The molecule has 0 unspecified atom stereocenters. The molecule has 29 heavy (non-hydrogen) atoms. The minimum atomic E-state index is -0.228. The lowest BCUT2D eigenvalue weighted by atomic mass is 10.1. The van der Waals surface area contributed by atoms with Crippen LogP contribution < -0.4 is 10.3 Å². The van der Waals surface area contributed by atoms with E-state index in [4.69, 9.17) is 0 Å². The Morgan fingerprint density at radius 2 is 1.28 bits per heavy atom. The Labute approximate surface area is 167 Å². The van der Waals surface area contributed by atoms with Gasteiger partial charge in [-0.25, -0.2) is 0 Å². The summed E-state index contributed by atoms with van der Waals surface area (Å²) in [6, 6.07) is 10.7. The Balaban J connectivity index is 1.97. The third-order valence-electron chi connectivity index (χ3n) is 4.54. The van der Waals surface area contributed by atoms with E-state index in [0.29, 0.717) is 22.5 Å². The van der Waals surface area contributed by atoms with Crippen molar-refractivity contribution in [2.75, 3.05) is 0 Å². The van der Waals surface area contributed by atoms with E-state index >= 15 is 0 Å². The van der Waals surface area contributed by atoms with Crippen LogP contribution in [0.3, 0.4) is 0 Å². The van der Waals surface area contributed by atoms with Gasteiger partial charge in [0.15, 0.2) is 23.0 Å². The molecule has 0 bridgehead atoms. The van der Waals surface area contributed by atoms with Crippen LogP contribution in [0.25, 0.3) is 24.3 Å². The quantitative estimate of drug-likeness (QED) is 0.402. The zero-order valence-electron chi connectivity index (χ0n) is 15.9. The first-order valence-corrected chi connectivity index (χ1v) is 8.76. The summed E-state index contributed by atoms with van der Waals surface area (Å²) >= 11 is 0. The van der Waals surface area contributed by atoms with Crippen molar-refractivity contribution >= 4 is 24.3 Å². The van der Waals surface area contributed by atoms with E-state index in [1.807, 2.05) is 6.07 Å². The topological polar surface area (TPSA) is 107 Å². The molecule has 0 aliphatic carbocycles. The van der Waals surface area contributed by atoms with Gasteiger partial charge in [-0.05, 0) is 47.5 Å². The van der Waals surface area contributed by atoms with Gasteiger partial charge in [0, 0.05) is 6.07 Å². The molecule has 1 aromatic heterocycles. The largest absolute Gasteiger partial charge is 0.504 e. The summed E-state index contributed by atoms with van der Waals surface area (Å²) in [7, 11) is 3.31. The first kappa shape index (κ1) is 19.8. The summed E-state index contributed by atoms with van der Waals surface area (Å²) < 4.78 is 2.97. The number of benzene rings is 2. The second-order valence-corrected chi connectivity index (χ2v) is 6.56. The van der Waals surface area contributed by atoms with Gasteiger partial charge in [-0.15, -0.1) is 0 Å². The average molecular weight is 393 g/mol. The summed E-state index contributed by atoms with van der Waals surface area (Å²) in [5.74, 6) is -0.842. The van der Waals surface area contributed by atoms with Gasteiger partial charge in [0.25, 0.3) is 0 Å². The molecule has 0 saturated carbocycles. The molecule has 7 nitrogen and oxygen atoms in total. The van der Waals surface area contributed by atoms with Crippen LogP contribution in [0.2, 0.25) is 0 Å². The number of hydrogen-bond donors (Lipinski definition) is 4. The van der Waals surface area contributed by atoms with Crippen molar-refractivity contribution in [2.24, 2.45) is 14.1 Å². The van der Waals surface area contributed by atoms with Gasteiger partial charge in [-0.2, -0.15) is 13.9 Å². The third kappa shape index (κ3) is 4.30. The third-order valence-corrected chi connectivity index (χ3v) is 4.54. The molecule has 0 spiro atoms. The van der Waals surface area contributed by atoms with Crippen molar-refractivity contribution in [1.29, 1.82) is 0 Å². The van der Waals surface area contributed by atoms with Crippen LogP contribution in [-0.4, -0.2) is 25.0 Å². The Morgan fingerprint density at radius 1 is 0.759 bits per heavy atom. The van der Waals surface area contributed by atoms with E-state index in [1.165, 1.54) is 33.4 Å². The second kappa shape index (κ2) is 7.93. The summed E-state index contributed by atoms with van der Waals surface area (Å²) in [5, 5.41) is 38.0. The SMILES string of the molecule is Cn1c(/C=C/c2ccc(O)c(O)c2)cc(/C=C/c2ccc(O)c(O)c2)[n+](C)c1=O. The van der Waals surface area contributed by atoms with Gasteiger partial charge < -0.3 is 20.4 Å². The Bertz CT molecular complexity index is 1100. The van der Waals surface area contributed by atoms with Crippen molar-refractivity contribution in [3.63, 3.8) is 0 Å². The van der Waals surface area contributed by atoms with E-state index in [2.05, 4.69) is 0 Å². The highest BCUT2D eigenvalue weighted by Gasteiger charge is 2.13. The summed E-state index contributed by atoms with van der Waals surface area (Å²) in [4.78, 5) is 12.5. The highest BCUT2D eigenvalue weighted by molar-refractivity contribution is 5.72. The standard InChI is InChI=1S/C22H20N2O5/c1-23-16(7-3-14-5-9-18(25)20(27)11-14)13-17(24(2)22(23)29)8-4-15-6-10-19(26)21(28)12-15/h3-13H,1-2H3,(H3,25,26,27,28)/p+1. The molecule has 0 aliphatic heterocycles. The molecule has 3 rings (SSSR count). The van der Waals surface area contributed by atoms with Crippen LogP contribution in [0.4, 0.5) is 0 Å². The van der Waals surface area contributed by atoms with E-state index < -0.39 is 0 Å². The number of hydrogen-bond acceptors (Lipinski definition) is 5.